The molecule has 0 bridgehead atoms. The maximum Gasteiger partial charge on any atom is 0.0438 e. The average molecular weight is 282 g/mol. The maximum atomic E-state index is 8.69. The number of nitrogens with zero attached hydrogens (tertiary/aromatic N) is 1. The van der Waals surface area contributed by atoms with Gasteiger partial charge >= 0.3 is 0 Å². The molecular weight excluding hydrogens is 256 g/mol. The Bertz CT molecular complexity index is 341. The Morgan fingerprint density at radius 2 is 1.89 bits per heavy atom. The topological polar surface area (TPSA) is 35.5 Å². The molecule has 0 saturated carbocycles. The van der Waals surface area contributed by atoms with Crippen molar-refractivity contribution in [3.05, 3.63) is 29.8 Å². The van der Waals surface area contributed by atoms with Gasteiger partial charge in [-0.25, -0.2) is 0 Å². The maximum absolute atomic E-state index is 8.69. The largest absolute Gasteiger partial charge is 0.396 e. The second-order valence-corrected chi connectivity index (χ2v) is 6.08. The molecule has 0 aromatic heterocycles. The number of benzene rings is 1. The normalized spacial score (nSPS) is 12.4. The fourth-order valence-corrected chi connectivity index (χ4v) is 2.59. The van der Waals surface area contributed by atoms with Crippen molar-refractivity contribution < 1.29 is 5.11 Å². The van der Waals surface area contributed by atoms with Crippen molar-refractivity contribution >= 4 is 17.4 Å². The van der Waals surface area contributed by atoms with Gasteiger partial charge in [-0.05, 0) is 36.8 Å². The Hall–Kier alpha value is -0.710. The van der Waals surface area contributed by atoms with E-state index in [1.165, 1.54) is 11.3 Å². The fraction of sp³-hybridized carbons (Fsp3) is 0.600. The van der Waals surface area contributed by atoms with Crippen LogP contribution in [0.15, 0.2) is 24.3 Å². The van der Waals surface area contributed by atoms with E-state index in [4.69, 9.17) is 5.11 Å². The number of aliphatic hydroxyl groups is 1. The zero-order valence-corrected chi connectivity index (χ0v) is 13.0. The molecule has 19 heavy (non-hydrogen) atoms. The minimum atomic E-state index is 0.301. The molecule has 0 fully saturated rings. The van der Waals surface area contributed by atoms with Gasteiger partial charge < -0.3 is 15.3 Å². The summed E-state index contributed by atoms with van der Waals surface area (Å²) in [4.78, 5) is 2.11. The molecular formula is C15H26N2OS. The van der Waals surface area contributed by atoms with Crippen LogP contribution in [0.5, 0.6) is 0 Å². The van der Waals surface area contributed by atoms with Gasteiger partial charge in [0.2, 0.25) is 0 Å². The first-order valence-electron chi connectivity index (χ1n) is 6.84. The molecule has 3 nitrogen and oxygen atoms in total. The summed E-state index contributed by atoms with van der Waals surface area (Å²) in [6.07, 6.45) is 0.895. The van der Waals surface area contributed by atoms with Gasteiger partial charge in [-0.3, -0.25) is 0 Å². The second-order valence-electron chi connectivity index (χ2n) is 4.85. The minimum absolute atomic E-state index is 0.301. The molecule has 1 rings (SSSR count). The SMILES string of the molecule is CC(NCCSCCCO)c1ccc(N(C)C)cc1. The lowest BCUT2D eigenvalue weighted by molar-refractivity contribution is 0.296. The van der Waals surface area contributed by atoms with Crippen LogP contribution in [0.1, 0.15) is 24.9 Å². The van der Waals surface area contributed by atoms with E-state index in [9.17, 15) is 0 Å². The van der Waals surface area contributed by atoms with Crippen LogP contribution in [-0.2, 0) is 0 Å². The summed E-state index contributed by atoms with van der Waals surface area (Å²) >= 11 is 1.89. The van der Waals surface area contributed by atoms with Crippen LogP contribution in [0.3, 0.4) is 0 Å². The lowest BCUT2D eigenvalue weighted by Gasteiger charge is -2.17. The first kappa shape index (κ1) is 16.3. The highest BCUT2D eigenvalue weighted by Gasteiger charge is 2.04. The molecule has 1 aromatic rings. The highest BCUT2D eigenvalue weighted by atomic mass is 32.2. The van der Waals surface area contributed by atoms with Gasteiger partial charge in [-0.1, -0.05) is 12.1 Å². The van der Waals surface area contributed by atoms with E-state index < -0.39 is 0 Å². The molecule has 0 aliphatic carbocycles. The summed E-state index contributed by atoms with van der Waals surface area (Å²) in [5.41, 5.74) is 2.56. The fourth-order valence-electron chi connectivity index (χ4n) is 1.80. The number of hydrogen-bond donors (Lipinski definition) is 2. The van der Waals surface area contributed by atoms with E-state index in [0.29, 0.717) is 12.6 Å². The molecule has 0 aliphatic heterocycles. The van der Waals surface area contributed by atoms with Gasteiger partial charge in [0.1, 0.15) is 0 Å². The molecule has 0 spiro atoms. The van der Waals surface area contributed by atoms with Crippen molar-refractivity contribution in [2.45, 2.75) is 19.4 Å². The monoisotopic (exact) mass is 282 g/mol. The van der Waals surface area contributed by atoms with E-state index in [1.807, 2.05) is 11.8 Å². The highest BCUT2D eigenvalue weighted by Crippen LogP contribution is 2.17. The molecule has 0 aliphatic rings. The van der Waals surface area contributed by atoms with Crippen LogP contribution in [0.4, 0.5) is 5.69 Å². The molecule has 108 valence electrons. The van der Waals surface area contributed by atoms with E-state index in [0.717, 1.165) is 24.5 Å². The van der Waals surface area contributed by atoms with Crippen molar-refractivity contribution in [2.75, 3.05) is 43.7 Å². The Balaban J connectivity index is 2.27. The van der Waals surface area contributed by atoms with Crippen LogP contribution in [0.2, 0.25) is 0 Å². The van der Waals surface area contributed by atoms with E-state index in [1.54, 1.807) is 0 Å². The number of aliphatic hydroxyl groups excluding tert-OH is 1. The van der Waals surface area contributed by atoms with E-state index in [2.05, 4.69) is 55.5 Å². The van der Waals surface area contributed by atoms with Crippen molar-refractivity contribution in [1.82, 2.24) is 5.32 Å². The smallest absolute Gasteiger partial charge is 0.0438 e. The van der Waals surface area contributed by atoms with Gasteiger partial charge in [0, 0.05) is 44.7 Å². The molecule has 2 N–H and O–H groups in total. The van der Waals surface area contributed by atoms with Crippen molar-refractivity contribution in [2.24, 2.45) is 0 Å². The Morgan fingerprint density at radius 1 is 1.21 bits per heavy atom. The third kappa shape index (κ3) is 6.32. The number of anilines is 1. The van der Waals surface area contributed by atoms with Crippen molar-refractivity contribution in [3.63, 3.8) is 0 Å². The Kier molecular flexibility index (Phi) is 7.94. The molecule has 0 heterocycles. The lowest BCUT2D eigenvalue weighted by Crippen LogP contribution is -2.21. The summed E-state index contributed by atoms with van der Waals surface area (Å²) in [6.45, 7) is 3.50. The quantitative estimate of drug-likeness (QED) is 0.682. The predicted molar refractivity (Wildman–Crippen MR) is 86.2 cm³/mol. The van der Waals surface area contributed by atoms with Crippen LogP contribution in [0.25, 0.3) is 0 Å². The number of hydrogen-bond acceptors (Lipinski definition) is 4. The van der Waals surface area contributed by atoms with Crippen LogP contribution in [0, 0.1) is 0 Å². The average Bonchev–Trinajstić information content (AvgIpc) is 2.42. The van der Waals surface area contributed by atoms with Gasteiger partial charge in [0.05, 0.1) is 0 Å². The van der Waals surface area contributed by atoms with Crippen molar-refractivity contribution in [1.29, 1.82) is 0 Å². The molecule has 1 atom stereocenters. The number of nitrogens with one attached hydrogen (secondary N) is 1. The predicted octanol–water partition coefficient (Wildman–Crippen LogP) is 2.52. The Morgan fingerprint density at radius 3 is 2.47 bits per heavy atom. The van der Waals surface area contributed by atoms with Crippen LogP contribution < -0.4 is 10.2 Å². The number of thioether (sulfide) groups is 1. The second kappa shape index (κ2) is 9.23. The first-order chi connectivity index (χ1) is 9.15. The summed E-state index contributed by atoms with van der Waals surface area (Å²) in [5, 5.41) is 12.2. The lowest BCUT2D eigenvalue weighted by atomic mass is 10.1. The molecule has 1 aromatic carbocycles. The molecule has 0 radical (unpaired) electrons. The molecule has 0 saturated heterocycles. The number of rotatable bonds is 9. The van der Waals surface area contributed by atoms with Crippen LogP contribution in [-0.4, -0.2) is 43.9 Å². The van der Waals surface area contributed by atoms with E-state index in [-0.39, 0.29) is 0 Å². The molecule has 4 heteroatoms. The van der Waals surface area contributed by atoms with Gasteiger partial charge in [-0.2, -0.15) is 11.8 Å². The van der Waals surface area contributed by atoms with E-state index >= 15 is 0 Å². The molecule has 1 unspecified atom stereocenters. The first-order valence-corrected chi connectivity index (χ1v) is 8.00. The zero-order valence-electron chi connectivity index (χ0n) is 12.2. The summed E-state index contributed by atoms with van der Waals surface area (Å²) in [5.74, 6) is 2.14. The summed E-state index contributed by atoms with van der Waals surface area (Å²) < 4.78 is 0. The summed E-state index contributed by atoms with van der Waals surface area (Å²) in [7, 11) is 4.11. The zero-order chi connectivity index (χ0) is 14.1. The van der Waals surface area contributed by atoms with Crippen molar-refractivity contribution in [3.8, 4) is 0 Å². The highest BCUT2D eigenvalue weighted by molar-refractivity contribution is 7.99. The minimum Gasteiger partial charge on any atom is -0.396 e. The van der Waals surface area contributed by atoms with Gasteiger partial charge in [0.25, 0.3) is 0 Å². The third-order valence-electron chi connectivity index (χ3n) is 3.05. The van der Waals surface area contributed by atoms with Gasteiger partial charge in [0.15, 0.2) is 0 Å². The van der Waals surface area contributed by atoms with Crippen LogP contribution >= 0.6 is 11.8 Å². The third-order valence-corrected chi connectivity index (χ3v) is 4.12. The van der Waals surface area contributed by atoms with Gasteiger partial charge in [-0.15, -0.1) is 0 Å². The standard InChI is InChI=1S/C15H26N2OS/c1-13(16-9-12-19-11-4-10-18)14-5-7-15(8-6-14)17(2)3/h5-8,13,16,18H,4,9-12H2,1-3H3. The molecule has 0 amide bonds. The Labute approximate surface area is 121 Å². The summed E-state index contributed by atoms with van der Waals surface area (Å²) in [6, 6.07) is 9.07.